The first-order valence-electron chi connectivity index (χ1n) is 5.05. The first-order valence-corrected chi connectivity index (χ1v) is 5.05. The van der Waals surface area contributed by atoms with Gasteiger partial charge < -0.3 is 15.4 Å². The molecule has 0 amide bonds. The number of anilines is 1. The number of nitrogen functional groups attached to an aromatic ring is 1. The molecule has 0 saturated carbocycles. The molecular weight excluding hydrogens is 206 g/mol. The van der Waals surface area contributed by atoms with E-state index in [4.69, 9.17) is 5.73 Å². The number of nitrogens with zero attached hydrogens (tertiary/aromatic N) is 4. The Labute approximate surface area is 91.5 Å². The average molecular weight is 217 g/mol. The second-order valence-electron chi connectivity index (χ2n) is 3.84. The summed E-state index contributed by atoms with van der Waals surface area (Å²) in [5.74, 6) is 0.381. The zero-order valence-electron chi connectivity index (χ0n) is 8.48. The normalized spacial score (nSPS) is 24.3. The second kappa shape index (κ2) is 3.28. The molecule has 0 aromatic carbocycles. The first kappa shape index (κ1) is 9.29. The van der Waals surface area contributed by atoms with E-state index in [1.165, 1.54) is 6.33 Å². The van der Waals surface area contributed by atoms with E-state index in [0.29, 0.717) is 23.4 Å². The number of hydrogen-bond acceptors (Lipinski definition) is 5. The van der Waals surface area contributed by atoms with Gasteiger partial charge in [0.25, 0.3) is 0 Å². The number of aromatic nitrogens is 4. The smallest absolute Gasteiger partial charge is 0.165 e. The van der Waals surface area contributed by atoms with E-state index in [1.807, 2.05) is 10.6 Å². The highest BCUT2D eigenvalue weighted by molar-refractivity contribution is 5.81. The van der Waals surface area contributed by atoms with Gasteiger partial charge in [-0.1, -0.05) is 12.2 Å². The summed E-state index contributed by atoms with van der Waals surface area (Å²) in [5.41, 5.74) is 7.01. The Balaban J connectivity index is 2.12. The maximum Gasteiger partial charge on any atom is 0.165 e. The average Bonchev–Trinajstić information content (AvgIpc) is 2.84. The number of hydrogen-bond donors (Lipinski definition) is 2. The monoisotopic (exact) mass is 217 g/mol. The summed E-state index contributed by atoms with van der Waals surface area (Å²) in [5, 5.41) is 9.45. The minimum Gasteiger partial charge on any atom is -0.389 e. The Kier molecular flexibility index (Phi) is 1.90. The third-order valence-corrected chi connectivity index (χ3v) is 2.78. The van der Waals surface area contributed by atoms with Crippen molar-refractivity contribution in [3.8, 4) is 0 Å². The zero-order valence-corrected chi connectivity index (χ0v) is 8.48. The molecule has 3 N–H and O–H groups in total. The van der Waals surface area contributed by atoms with Crippen LogP contribution < -0.4 is 5.73 Å². The Hall–Kier alpha value is -1.95. The molecule has 6 nitrogen and oxygen atoms in total. The Morgan fingerprint density at radius 1 is 1.31 bits per heavy atom. The standard InChI is InChI=1S/C10H11N5O/c11-9-8-10(13-4-12-9)15(5-14-8)6-1-2-7(16)3-6/h1-2,4-7,16H,3H2,(H2,11,12,13)/t6-,7-/m1/s1. The maximum absolute atomic E-state index is 9.45. The SMILES string of the molecule is Nc1ncnc2c1ncn2[C@@H]1C=C[C@@H](O)C1. The van der Waals surface area contributed by atoms with Gasteiger partial charge in [-0.3, -0.25) is 0 Å². The predicted octanol–water partition coefficient (Wildman–Crippen LogP) is 0.270. The molecule has 2 heterocycles. The second-order valence-corrected chi connectivity index (χ2v) is 3.84. The van der Waals surface area contributed by atoms with Crippen molar-refractivity contribution in [3.05, 3.63) is 24.8 Å². The number of rotatable bonds is 1. The van der Waals surface area contributed by atoms with E-state index in [0.717, 1.165) is 0 Å². The fourth-order valence-electron chi connectivity index (χ4n) is 1.98. The molecule has 0 saturated heterocycles. The summed E-state index contributed by atoms with van der Waals surface area (Å²) >= 11 is 0. The molecule has 0 fully saturated rings. The molecule has 0 spiro atoms. The Morgan fingerprint density at radius 3 is 2.94 bits per heavy atom. The summed E-state index contributed by atoms with van der Waals surface area (Å²) in [6, 6.07) is 0.0919. The van der Waals surface area contributed by atoms with Gasteiger partial charge >= 0.3 is 0 Å². The van der Waals surface area contributed by atoms with E-state index in [2.05, 4.69) is 15.0 Å². The van der Waals surface area contributed by atoms with E-state index in [9.17, 15) is 5.11 Å². The molecule has 0 unspecified atom stereocenters. The minimum atomic E-state index is -0.387. The summed E-state index contributed by atoms with van der Waals surface area (Å²) in [7, 11) is 0. The molecule has 2 aromatic rings. The van der Waals surface area contributed by atoms with Gasteiger partial charge in [0, 0.05) is 6.42 Å². The summed E-state index contributed by atoms with van der Waals surface area (Å²) in [4.78, 5) is 12.2. The van der Waals surface area contributed by atoms with Gasteiger partial charge in [-0.05, 0) is 0 Å². The Bertz CT molecular complexity index is 561. The van der Waals surface area contributed by atoms with Crippen molar-refractivity contribution >= 4 is 17.0 Å². The van der Waals surface area contributed by atoms with Crippen LogP contribution in [-0.4, -0.2) is 30.7 Å². The highest BCUT2D eigenvalue weighted by Crippen LogP contribution is 2.26. The Morgan fingerprint density at radius 2 is 2.19 bits per heavy atom. The largest absolute Gasteiger partial charge is 0.389 e. The van der Waals surface area contributed by atoms with Gasteiger partial charge in [-0.15, -0.1) is 0 Å². The van der Waals surface area contributed by atoms with Gasteiger partial charge in [0.2, 0.25) is 0 Å². The number of allylic oxidation sites excluding steroid dienone is 1. The van der Waals surface area contributed by atoms with Gasteiger partial charge in [0.05, 0.1) is 18.5 Å². The minimum absolute atomic E-state index is 0.0919. The van der Waals surface area contributed by atoms with Crippen LogP contribution in [0.25, 0.3) is 11.2 Å². The van der Waals surface area contributed by atoms with Crippen LogP contribution in [0.3, 0.4) is 0 Å². The summed E-state index contributed by atoms with van der Waals surface area (Å²) in [6.07, 6.45) is 7.09. The quantitative estimate of drug-likeness (QED) is 0.669. The first-order chi connectivity index (χ1) is 7.75. The van der Waals surface area contributed by atoms with Gasteiger partial charge in [-0.25, -0.2) is 15.0 Å². The number of nitrogens with two attached hydrogens (primary N) is 1. The fourth-order valence-corrected chi connectivity index (χ4v) is 1.98. The zero-order chi connectivity index (χ0) is 11.1. The lowest BCUT2D eigenvalue weighted by Gasteiger charge is -2.10. The van der Waals surface area contributed by atoms with Crippen molar-refractivity contribution in [3.63, 3.8) is 0 Å². The summed E-state index contributed by atoms with van der Waals surface area (Å²) in [6.45, 7) is 0. The molecule has 2 atom stereocenters. The number of fused-ring (bicyclic) bond motifs is 1. The number of aliphatic hydroxyl groups is 1. The van der Waals surface area contributed by atoms with Crippen LogP contribution in [0.1, 0.15) is 12.5 Å². The van der Waals surface area contributed by atoms with E-state index < -0.39 is 0 Å². The van der Waals surface area contributed by atoms with Crippen LogP contribution >= 0.6 is 0 Å². The third kappa shape index (κ3) is 1.27. The van der Waals surface area contributed by atoms with Crippen LogP contribution in [0, 0.1) is 0 Å². The molecule has 0 bridgehead atoms. The van der Waals surface area contributed by atoms with Crippen molar-refractivity contribution in [1.29, 1.82) is 0 Å². The molecule has 0 aliphatic heterocycles. The highest BCUT2D eigenvalue weighted by atomic mass is 16.3. The molecule has 3 rings (SSSR count). The van der Waals surface area contributed by atoms with E-state index in [-0.39, 0.29) is 12.1 Å². The molecule has 0 radical (unpaired) electrons. The molecule has 1 aliphatic rings. The van der Waals surface area contributed by atoms with Crippen molar-refractivity contribution in [1.82, 2.24) is 19.5 Å². The molecule has 82 valence electrons. The van der Waals surface area contributed by atoms with Gasteiger partial charge in [0.1, 0.15) is 11.8 Å². The molecule has 1 aliphatic carbocycles. The number of imidazole rings is 1. The third-order valence-electron chi connectivity index (χ3n) is 2.78. The van der Waals surface area contributed by atoms with Crippen molar-refractivity contribution < 1.29 is 5.11 Å². The van der Waals surface area contributed by atoms with Crippen LogP contribution in [0.15, 0.2) is 24.8 Å². The lowest BCUT2D eigenvalue weighted by Crippen LogP contribution is -2.08. The van der Waals surface area contributed by atoms with Crippen LogP contribution in [0.4, 0.5) is 5.82 Å². The number of aliphatic hydroxyl groups excluding tert-OH is 1. The van der Waals surface area contributed by atoms with Crippen molar-refractivity contribution in [2.24, 2.45) is 0 Å². The molecule has 2 aromatic heterocycles. The fraction of sp³-hybridized carbons (Fsp3) is 0.300. The van der Waals surface area contributed by atoms with E-state index in [1.54, 1.807) is 12.4 Å². The predicted molar refractivity (Wildman–Crippen MR) is 58.5 cm³/mol. The maximum atomic E-state index is 9.45. The lowest BCUT2D eigenvalue weighted by molar-refractivity contribution is 0.211. The lowest BCUT2D eigenvalue weighted by atomic mass is 10.2. The van der Waals surface area contributed by atoms with Crippen LogP contribution in [0.2, 0.25) is 0 Å². The molecule has 6 heteroatoms. The van der Waals surface area contributed by atoms with Crippen LogP contribution in [0.5, 0.6) is 0 Å². The topological polar surface area (TPSA) is 89.9 Å². The molecule has 16 heavy (non-hydrogen) atoms. The summed E-state index contributed by atoms with van der Waals surface area (Å²) < 4.78 is 1.90. The van der Waals surface area contributed by atoms with Crippen molar-refractivity contribution in [2.75, 3.05) is 5.73 Å². The molecular formula is C10H11N5O. The van der Waals surface area contributed by atoms with Crippen molar-refractivity contribution in [2.45, 2.75) is 18.6 Å². The van der Waals surface area contributed by atoms with Gasteiger partial charge in [-0.2, -0.15) is 0 Å². The van der Waals surface area contributed by atoms with Gasteiger partial charge in [0.15, 0.2) is 11.5 Å². The highest BCUT2D eigenvalue weighted by Gasteiger charge is 2.20. The van der Waals surface area contributed by atoms with E-state index >= 15 is 0 Å². The van der Waals surface area contributed by atoms with Crippen LogP contribution in [-0.2, 0) is 0 Å².